The zero-order valence-corrected chi connectivity index (χ0v) is 11.7. The molecule has 2 N–H and O–H groups in total. The van der Waals surface area contributed by atoms with Crippen LogP contribution in [-0.4, -0.2) is 26.0 Å². The van der Waals surface area contributed by atoms with Crippen molar-refractivity contribution in [3.63, 3.8) is 0 Å². The van der Waals surface area contributed by atoms with Gasteiger partial charge in [0.05, 0.1) is 10.5 Å². The molecule has 8 nitrogen and oxygen atoms in total. The topological polar surface area (TPSA) is 118 Å². The molecule has 0 saturated carbocycles. The second kappa shape index (κ2) is 6.48. The van der Waals surface area contributed by atoms with Crippen molar-refractivity contribution in [2.45, 2.75) is 12.2 Å². The zero-order chi connectivity index (χ0) is 17.9. The predicted molar refractivity (Wildman–Crippen MR) is 74.1 cm³/mol. The van der Waals surface area contributed by atoms with E-state index < -0.39 is 34.4 Å². The third kappa shape index (κ3) is 3.94. The van der Waals surface area contributed by atoms with Crippen LogP contribution in [0.4, 0.5) is 24.8 Å². The second-order valence-electron chi connectivity index (χ2n) is 4.56. The summed E-state index contributed by atoms with van der Waals surface area (Å²) in [4.78, 5) is 28.2. The van der Waals surface area contributed by atoms with Gasteiger partial charge in [0.15, 0.2) is 6.04 Å². The highest BCUT2D eigenvalue weighted by molar-refractivity contribution is 5.78. The Kier molecular flexibility index (Phi) is 4.62. The molecule has 0 amide bonds. The Morgan fingerprint density at radius 1 is 1.29 bits per heavy atom. The van der Waals surface area contributed by atoms with Crippen molar-refractivity contribution < 1.29 is 28.0 Å². The maximum Gasteiger partial charge on any atom is 0.416 e. The van der Waals surface area contributed by atoms with Gasteiger partial charge in [-0.05, 0) is 17.7 Å². The summed E-state index contributed by atoms with van der Waals surface area (Å²) in [5.74, 6) is -1.73. The number of halogens is 3. The minimum Gasteiger partial charge on any atom is -0.479 e. The summed E-state index contributed by atoms with van der Waals surface area (Å²) in [7, 11) is 0. The lowest BCUT2D eigenvalue weighted by Crippen LogP contribution is -2.22. The molecule has 126 valence electrons. The number of aliphatic carboxylic acids is 1. The summed E-state index contributed by atoms with van der Waals surface area (Å²) in [6.45, 7) is 0. The molecular formula is C13H9F3N4O4. The largest absolute Gasteiger partial charge is 0.479 e. The van der Waals surface area contributed by atoms with E-state index >= 15 is 0 Å². The van der Waals surface area contributed by atoms with Crippen LogP contribution < -0.4 is 5.32 Å². The number of rotatable bonds is 5. The minimum atomic E-state index is -4.62. The molecule has 1 aromatic carbocycles. The molecule has 2 aromatic rings. The maximum atomic E-state index is 12.7. The average Bonchev–Trinajstić information content (AvgIpc) is 2.52. The van der Waals surface area contributed by atoms with Crippen molar-refractivity contribution in [3.05, 3.63) is 57.9 Å². The number of benzene rings is 1. The highest BCUT2D eigenvalue weighted by atomic mass is 19.4. The molecule has 0 aliphatic heterocycles. The molecule has 0 spiro atoms. The molecule has 1 atom stereocenters. The van der Waals surface area contributed by atoms with Crippen molar-refractivity contribution in [3.8, 4) is 0 Å². The predicted octanol–water partition coefficient (Wildman–Crippen LogP) is 2.64. The van der Waals surface area contributed by atoms with Gasteiger partial charge in [0.2, 0.25) is 5.95 Å². The van der Waals surface area contributed by atoms with Gasteiger partial charge >= 0.3 is 17.8 Å². The van der Waals surface area contributed by atoms with Gasteiger partial charge in [0.25, 0.3) is 0 Å². The number of aromatic nitrogens is 2. The maximum absolute atomic E-state index is 12.7. The summed E-state index contributed by atoms with van der Waals surface area (Å²) < 4.78 is 38.2. The van der Waals surface area contributed by atoms with Crippen LogP contribution in [0.25, 0.3) is 0 Å². The highest BCUT2D eigenvalue weighted by Gasteiger charge is 2.32. The van der Waals surface area contributed by atoms with Crippen LogP contribution in [0.1, 0.15) is 17.2 Å². The first kappa shape index (κ1) is 17.1. The molecule has 0 radical (unpaired) electrons. The minimum absolute atomic E-state index is 0.167. The van der Waals surface area contributed by atoms with Crippen molar-refractivity contribution in [2.75, 3.05) is 5.32 Å². The van der Waals surface area contributed by atoms with Crippen LogP contribution in [0.2, 0.25) is 0 Å². The molecule has 1 aromatic heterocycles. The number of carbonyl (C=O) groups is 1. The molecule has 0 aliphatic carbocycles. The lowest BCUT2D eigenvalue weighted by Gasteiger charge is -2.16. The number of hydrogen-bond acceptors (Lipinski definition) is 6. The van der Waals surface area contributed by atoms with Gasteiger partial charge < -0.3 is 10.4 Å². The van der Waals surface area contributed by atoms with Crippen molar-refractivity contribution in [1.29, 1.82) is 0 Å². The second-order valence-corrected chi connectivity index (χ2v) is 4.56. The van der Waals surface area contributed by atoms with Gasteiger partial charge in [0.1, 0.15) is 12.4 Å². The number of hydrogen-bond donors (Lipinski definition) is 2. The smallest absolute Gasteiger partial charge is 0.416 e. The molecule has 1 heterocycles. The normalized spacial score (nSPS) is 12.5. The molecule has 0 fully saturated rings. The van der Waals surface area contributed by atoms with Crippen LogP contribution in [-0.2, 0) is 11.0 Å². The summed E-state index contributed by atoms with van der Waals surface area (Å²) in [6.07, 6.45) is -2.93. The van der Waals surface area contributed by atoms with Gasteiger partial charge in [-0.25, -0.2) is 14.8 Å². The quantitative estimate of drug-likeness (QED) is 0.633. The van der Waals surface area contributed by atoms with Crippen LogP contribution in [0.5, 0.6) is 0 Å². The Labute approximate surface area is 132 Å². The van der Waals surface area contributed by atoms with Crippen LogP contribution in [0, 0.1) is 10.1 Å². The van der Waals surface area contributed by atoms with Crippen molar-refractivity contribution in [2.24, 2.45) is 0 Å². The number of nitrogens with one attached hydrogen (secondary N) is 1. The van der Waals surface area contributed by atoms with E-state index in [-0.39, 0.29) is 11.5 Å². The molecule has 0 saturated heterocycles. The fraction of sp³-hybridized carbons (Fsp3) is 0.154. The van der Waals surface area contributed by atoms with E-state index in [1.165, 1.54) is 6.07 Å². The van der Waals surface area contributed by atoms with Crippen molar-refractivity contribution in [1.82, 2.24) is 9.97 Å². The number of carboxylic acids is 1. The van der Waals surface area contributed by atoms with Crippen LogP contribution in [0.15, 0.2) is 36.7 Å². The Balaban J connectivity index is 2.30. The van der Waals surface area contributed by atoms with E-state index in [2.05, 4.69) is 15.3 Å². The van der Waals surface area contributed by atoms with E-state index in [0.29, 0.717) is 6.07 Å². The fourth-order valence-corrected chi connectivity index (χ4v) is 1.80. The Morgan fingerprint density at radius 3 is 2.42 bits per heavy atom. The number of carboxylic acid groups (broad SMARTS) is 1. The van der Waals surface area contributed by atoms with Gasteiger partial charge in [-0.15, -0.1) is 0 Å². The third-order valence-corrected chi connectivity index (χ3v) is 2.92. The Bertz CT molecular complexity index is 765. The first-order chi connectivity index (χ1) is 11.2. The van der Waals surface area contributed by atoms with Gasteiger partial charge in [-0.2, -0.15) is 13.2 Å². The fourth-order valence-electron chi connectivity index (χ4n) is 1.80. The number of nitrogens with zero attached hydrogens (tertiary/aromatic N) is 3. The number of anilines is 1. The molecule has 1 unspecified atom stereocenters. The molecule has 11 heteroatoms. The van der Waals surface area contributed by atoms with Gasteiger partial charge in [-0.1, -0.05) is 12.1 Å². The van der Waals surface area contributed by atoms with Gasteiger partial charge in [0, 0.05) is 0 Å². The monoisotopic (exact) mass is 342 g/mol. The van der Waals surface area contributed by atoms with E-state index in [1.807, 2.05) is 0 Å². The molecule has 0 bridgehead atoms. The Morgan fingerprint density at radius 2 is 1.92 bits per heavy atom. The lowest BCUT2D eigenvalue weighted by atomic mass is 10.0. The summed E-state index contributed by atoms with van der Waals surface area (Å²) >= 11 is 0. The highest BCUT2D eigenvalue weighted by Crippen LogP contribution is 2.31. The van der Waals surface area contributed by atoms with Crippen LogP contribution >= 0.6 is 0 Å². The Hall–Kier alpha value is -3.24. The summed E-state index contributed by atoms with van der Waals surface area (Å²) in [6, 6.07) is 2.22. The lowest BCUT2D eigenvalue weighted by molar-refractivity contribution is -0.385. The van der Waals surface area contributed by atoms with Crippen LogP contribution in [0.3, 0.4) is 0 Å². The summed E-state index contributed by atoms with van der Waals surface area (Å²) in [5.41, 5.74) is -1.58. The van der Waals surface area contributed by atoms with E-state index in [9.17, 15) is 33.2 Å². The first-order valence-electron chi connectivity index (χ1n) is 6.31. The summed E-state index contributed by atoms with van der Waals surface area (Å²) in [5, 5.41) is 22.0. The first-order valence-corrected chi connectivity index (χ1v) is 6.31. The van der Waals surface area contributed by atoms with Gasteiger partial charge in [-0.3, -0.25) is 10.1 Å². The van der Waals surface area contributed by atoms with E-state index in [4.69, 9.17) is 0 Å². The SMILES string of the molecule is O=C(O)C(Nc1ncc([N+](=O)[O-])cn1)c1cccc(C(F)(F)F)c1. The van der Waals surface area contributed by atoms with Crippen molar-refractivity contribution >= 4 is 17.6 Å². The van der Waals surface area contributed by atoms with E-state index in [0.717, 1.165) is 24.5 Å². The number of alkyl halides is 3. The molecular weight excluding hydrogens is 333 g/mol. The molecule has 24 heavy (non-hydrogen) atoms. The third-order valence-electron chi connectivity index (χ3n) is 2.92. The number of nitro groups is 1. The van der Waals surface area contributed by atoms with E-state index in [1.54, 1.807) is 0 Å². The zero-order valence-electron chi connectivity index (χ0n) is 11.7. The molecule has 0 aliphatic rings. The standard InChI is InChI=1S/C13H9F3N4O4/c14-13(15,16)8-3-1-2-7(4-8)10(11(21)22)19-12-17-5-9(6-18-12)20(23)24/h1-6,10H,(H,21,22)(H,17,18,19). The average molecular weight is 342 g/mol. The molecule has 2 rings (SSSR count).